The Balaban J connectivity index is 1.57. The van der Waals surface area contributed by atoms with E-state index in [0.717, 1.165) is 30.5 Å². The molecule has 3 rings (SSSR count). The van der Waals surface area contributed by atoms with E-state index in [9.17, 15) is 13.6 Å². The van der Waals surface area contributed by atoms with Gasteiger partial charge in [-0.15, -0.1) is 0 Å². The third-order valence-corrected chi connectivity index (χ3v) is 3.72. The standard InChI is InChI=1S/C17H15F2NO2/c18-12-6-8-16(14(19)9-12)22-10-17(21)20-15-7-5-11-3-1-2-4-13(11)15/h1-4,6,8-9,15H,5,7,10H2,(H,20,21). The van der Waals surface area contributed by atoms with Gasteiger partial charge in [-0.05, 0) is 36.1 Å². The Morgan fingerprint density at radius 2 is 2.05 bits per heavy atom. The number of hydrogen-bond donors (Lipinski definition) is 1. The first-order valence-electron chi connectivity index (χ1n) is 7.08. The minimum Gasteiger partial charge on any atom is -0.481 e. The summed E-state index contributed by atoms with van der Waals surface area (Å²) in [7, 11) is 0. The Labute approximate surface area is 126 Å². The van der Waals surface area contributed by atoms with E-state index < -0.39 is 11.6 Å². The maximum absolute atomic E-state index is 13.4. The van der Waals surface area contributed by atoms with Gasteiger partial charge in [0.1, 0.15) is 5.82 Å². The van der Waals surface area contributed by atoms with Gasteiger partial charge in [0.2, 0.25) is 0 Å². The zero-order chi connectivity index (χ0) is 15.5. The Morgan fingerprint density at radius 3 is 2.86 bits per heavy atom. The lowest BCUT2D eigenvalue weighted by Crippen LogP contribution is -2.31. The second kappa shape index (κ2) is 6.13. The van der Waals surface area contributed by atoms with Crippen molar-refractivity contribution in [3.63, 3.8) is 0 Å². The minimum atomic E-state index is -0.820. The Kier molecular flexibility index (Phi) is 4.04. The fourth-order valence-corrected chi connectivity index (χ4v) is 2.68. The average Bonchev–Trinajstić information content (AvgIpc) is 2.90. The lowest BCUT2D eigenvalue weighted by molar-refractivity contribution is -0.123. The van der Waals surface area contributed by atoms with Crippen molar-refractivity contribution in [3.05, 3.63) is 65.2 Å². The number of ether oxygens (including phenoxy) is 1. The largest absolute Gasteiger partial charge is 0.481 e. The third-order valence-electron chi connectivity index (χ3n) is 3.72. The summed E-state index contributed by atoms with van der Waals surface area (Å²) in [5, 5.41) is 2.88. The van der Waals surface area contributed by atoms with E-state index in [0.29, 0.717) is 0 Å². The van der Waals surface area contributed by atoms with Crippen LogP contribution in [0.25, 0.3) is 0 Å². The summed E-state index contributed by atoms with van der Waals surface area (Å²) in [5.41, 5.74) is 2.35. The number of carbonyl (C=O) groups excluding carboxylic acids is 1. The van der Waals surface area contributed by atoms with E-state index in [1.54, 1.807) is 0 Å². The van der Waals surface area contributed by atoms with Crippen LogP contribution in [0, 0.1) is 11.6 Å². The molecule has 1 N–H and O–H groups in total. The summed E-state index contributed by atoms with van der Waals surface area (Å²) in [6.45, 7) is -0.304. The molecular formula is C17H15F2NO2. The molecule has 0 aliphatic heterocycles. The molecule has 114 valence electrons. The van der Waals surface area contributed by atoms with Crippen molar-refractivity contribution < 1.29 is 18.3 Å². The summed E-state index contributed by atoms with van der Waals surface area (Å²) in [4.78, 5) is 11.9. The predicted molar refractivity (Wildman–Crippen MR) is 77.5 cm³/mol. The van der Waals surface area contributed by atoms with Crippen molar-refractivity contribution in [2.75, 3.05) is 6.61 Å². The van der Waals surface area contributed by atoms with E-state index in [1.165, 1.54) is 11.6 Å². The van der Waals surface area contributed by atoms with Crippen LogP contribution in [-0.2, 0) is 11.2 Å². The number of nitrogens with one attached hydrogen (secondary N) is 1. The molecule has 5 heteroatoms. The molecule has 1 amide bonds. The van der Waals surface area contributed by atoms with Crippen molar-refractivity contribution in [2.45, 2.75) is 18.9 Å². The second-order valence-electron chi connectivity index (χ2n) is 5.22. The number of amides is 1. The molecular weight excluding hydrogens is 288 g/mol. The number of fused-ring (bicyclic) bond motifs is 1. The monoisotopic (exact) mass is 303 g/mol. The molecule has 3 nitrogen and oxygen atoms in total. The highest BCUT2D eigenvalue weighted by molar-refractivity contribution is 5.78. The number of aryl methyl sites for hydroxylation is 1. The normalized spacial score (nSPS) is 16.2. The van der Waals surface area contributed by atoms with Gasteiger partial charge in [-0.2, -0.15) is 0 Å². The first kappa shape index (κ1) is 14.5. The van der Waals surface area contributed by atoms with E-state index in [4.69, 9.17) is 4.74 Å². The fraction of sp³-hybridized carbons (Fsp3) is 0.235. The second-order valence-corrected chi connectivity index (χ2v) is 5.22. The quantitative estimate of drug-likeness (QED) is 0.942. The molecule has 1 aliphatic rings. The molecule has 1 unspecified atom stereocenters. The molecule has 0 radical (unpaired) electrons. The molecule has 0 heterocycles. The van der Waals surface area contributed by atoms with Crippen LogP contribution in [0.4, 0.5) is 8.78 Å². The zero-order valence-electron chi connectivity index (χ0n) is 11.8. The molecule has 0 bridgehead atoms. The van der Waals surface area contributed by atoms with Crippen molar-refractivity contribution in [3.8, 4) is 5.75 Å². The third kappa shape index (κ3) is 3.08. The molecule has 0 spiro atoms. The molecule has 2 aromatic carbocycles. The van der Waals surface area contributed by atoms with Crippen LogP contribution in [0.3, 0.4) is 0 Å². The molecule has 0 saturated heterocycles. The Bertz CT molecular complexity index is 703. The van der Waals surface area contributed by atoms with Crippen LogP contribution in [0.5, 0.6) is 5.75 Å². The molecule has 2 aromatic rings. The first-order chi connectivity index (χ1) is 10.6. The van der Waals surface area contributed by atoms with Gasteiger partial charge in [-0.25, -0.2) is 8.78 Å². The van der Waals surface area contributed by atoms with Gasteiger partial charge in [0.15, 0.2) is 18.2 Å². The minimum absolute atomic E-state index is 0.0367. The average molecular weight is 303 g/mol. The maximum Gasteiger partial charge on any atom is 0.258 e. The van der Waals surface area contributed by atoms with Gasteiger partial charge in [-0.1, -0.05) is 24.3 Å². The van der Waals surface area contributed by atoms with E-state index in [2.05, 4.69) is 5.32 Å². The predicted octanol–water partition coefficient (Wildman–Crippen LogP) is 3.15. The molecule has 22 heavy (non-hydrogen) atoms. The fourth-order valence-electron chi connectivity index (χ4n) is 2.68. The number of hydrogen-bond acceptors (Lipinski definition) is 2. The van der Waals surface area contributed by atoms with E-state index in [-0.39, 0.29) is 24.3 Å². The molecule has 0 fully saturated rings. The van der Waals surface area contributed by atoms with E-state index in [1.807, 2.05) is 24.3 Å². The lowest BCUT2D eigenvalue weighted by Gasteiger charge is -2.14. The lowest BCUT2D eigenvalue weighted by atomic mass is 10.1. The first-order valence-corrected chi connectivity index (χ1v) is 7.08. The van der Waals surface area contributed by atoms with Gasteiger partial charge in [0.05, 0.1) is 6.04 Å². The van der Waals surface area contributed by atoms with Crippen LogP contribution in [0.15, 0.2) is 42.5 Å². The summed E-state index contributed by atoms with van der Waals surface area (Å²) >= 11 is 0. The van der Waals surface area contributed by atoms with Crippen molar-refractivity contribution in [1.82, 2.24) is 5.32 Å². The maximum atomic E-state index is 13.4. The smallest absolute Gasteiger partial charge is 0.258 e. The summed E-state index contributed by atoms with van der Waals surface area (Å²) < 4.78 is 31.3. The summed E-state index contributed by atoms with van der Waals surface area (Å²) in [6.07, 6.45) is 1.77. The van der Waals surface area contributed by atoms with Gasteiger partial charge < -0.3 is 10.1 Å². The van der Waals surface area contributed by atoms with Crippen molar-refractivity contribution >= 4 is 5.91 Å². The molecule has 0 saturated carbocycles. The highest BCUT2D eigenvalue weighted by atomic mass is 19.1. The van der Waals surface area contributed by atoms with Crippen LogP contribution >= 0.6 is 0 Å². The van der Waals surface area contributed by atoms with Crippen LogP contribution in [-0.4, -0.2) is 12.5 Å². The number of carbonyl (C=O) groups is 1. The van der Waals surface area contributed by atoms with Gasteiger partial charge >= 0.3 is 0 Å². The Morgan fingerprint density at radius 1 is 1.23 bits per heavy atom. The summed E-state index contributed by atoms with van der Waals surface area (Å²) in [6, 6.07) is 10.9. The highest BCUT2D eigenvalue weighted by Gasteiger charge is 2.23. The van der Waals surface area contributed by atoms with Gasteiger partial charge in [-0.3, -0.25) is 4.79 Å². The van der Waals surface area contributed by atoms with Crippen molar-refractivity contribution in [2.24, 2.45) is 0 Å². The number of benzene rings is 2. The van der Waals surface area contributed by atoms with Crippen LogP contribution in [0.1, 0.15) is 23.6 Å². The van der Waals surface area contributed by atoms with Crippen molar-refractivity contribution in [1.29, 1.82) is 0 Å². The SMILES string of the molecule is O=C(COc1ccc(F)cc1F)NC1CCc2ccccc21. The van der Waals surface area contributed by atoms with Crippen LogP contribution in [0.2, 0.25) is 0 Å². The molecule has 1 aliphatic carbocycles. The highest BCUT2D eigenvalue weighted by Crippen LogP contribution is 2.30. The van der Waals surface area contributed by atoms with Gasteiger partial charge in [0.25, 0.3) is 5.91 Å². The zero-order valence-corrected chi connectivity index (χ0v) is 11.8. The molecule has 1 atom stereocenters. The topological polar surface area (TPSA) is 38.3 Å². The van der Waals surface area contributed by atoms with Gasteiger partial charge in [0, 0.05) is 6.07 Å². The number of rotatable bonds is 4. The number of halogens is 2. The van der Waals surface area contributed by atoms with Crippen LogP contribution < -0.4 is 10.1 Å². The Hall–Kier alpha value is -2.43. The van der Waals surface area contributed by atoms with E-state index >= 15 is 0 Å². The summed E-state index contributed by atoms with van der Waals surface area (Å²) in [5.74, 6) is -1.97. The molecule has 0 aromatic heterocycles.